The smallest absolute Gasteiger partial charge is 0.257 e. The third-order valence-corrected chi connectivity index (χ3v) is 8.87. The van der Waals surface area contributed by atoms with E-state index in [0.717, 1.165) is 61.9 Å². The van der Waals surface area contributed by atoms with Crippen molar-refractivity contribution in [3.63, 3.8) is 0 Å². The number of piperazine rings is 1. The second-order valence-electron chi connectivity index (χ2n) is 12.1. The number of imidazole rings is 1. The number of nitrogens with zero attached hydrogens (tertiary/aromatic N) is 9. The van der Waals surface area contributed by atoms with Crippen LogP contribution in [0.4, 0.5) is 16.0 Å². The normalized spacial score (nSPS) is 17.1. The fourth-order valence-electron chi connectivity index (χ4n) is 6.48. The first-order chi connectivity index (χ1) is 24.0. The van der Waals surface area contributed by atoms with Gasteiger partial charge in [-0.25, -0.2) is 13.9 Å². The minimum absolute atomic E-state index is 0.270. The standard InChI is InChI=1S/C34H34FN11O3/c1-43-34(45-14-12-44(13-15-45)20-24-9-16-49-42-24)31(32(41-43)22-2-4-23(35)5-3-22)27-6-7-30-38-29(21-46(30)40-27)39-33(47)25-8-10-36-18-26(25)28-19-37-11-17-48-28/h2-10,16,18,21,28,37H,11-15,17,19-20H2,1H3,(H,39,47). The number of morpholine rings is 1. The zero-order chi connectivity index (χ0) is 33.3. The molecule has 5 aromatic heterocycles. The number of benzene rings is 1. The Morgan fingerprint density at radius 2 is 1.92 bits per heavy atom. The molecule has 0 spiro atoms. The quantitative estimate of drug-likeness (QED) is 0.247. The molecule has 250 valence electrons. The fraction of sp³-hybridized carbons (Fsp3) is 0.294. The number of pyridine rings is 1. The Kier molecular flexibility index (Phi) is 8.29. The molecule has 2 saturated heterocycles. The van der Waals surface area contributed by atoms with Gasteiger partial charge in [-0.15, -0.1) is 0 Å². The average molecular weight is 664 g/mol. The Balaban J connectivity index is 1.10. The molecule has 1 atom stereocenters. The lowest BCUT2D eigenvalue weighted by Crippen LogP contribution is -2.46. The van der Waals surface area contributed by atoms with Crippen LogP contribution in [0.1, 0.15) is 27.7 Å². The molecular formula is C34H34FN11O3. The minimum atomic E-state index is -0.320. The second kappa shape index (κ2) is 13.2. The Bertz CT molecular complexity index is 2080. The first kappa shape index (κ1) is 30.8. The Morgan fingerprint density at radius 1 is 1.06 bits per heavy atom. The molecule has 0 saturated carbocycles. The second-order valence-corrected chi connectivity index (χ2v) is 12.1. The number of nitrogens with one attached hydrogen (secondary N) is 2. The number of hydrogen-bond donors (Lipinski definition) is 2. The molecule has 1 aromatic carbocycles. The largest absolute Gasteiger partial charge is 0.371 e. The lowest BCUT2D eigenvalue weighted by Gasteiger charge is -2.36. The van der Waals surface area contributed by atoms with Gasteiger partial charge >= 0.3 is 0 Å². The van der Waals surface area contributed by atoms with Crippen LogP contribution in [0.3, 0.4) is 0 Å². The summed E-state index contributed by atoms with van der Waals surface area (Å²) in [6.45, 7) is 5.80. The molecule has 8 rings (SSSR count). The summed E-state index contributed by atoms with van der Waals surface area (Å²) >= 11 is 0. The van der Waals surface area contributed by atoms with E-state index in [2.05, 4.69) is 35.6 Å². The molecule has 2 N–H and O–H groups in total. The summed E-state index contributed by atoms with van der Waals surface area (Å²) < 4.78 is 28.4. The van der Waals surface area contributed by atoms with Gasteiger partial charge < -0.3 is 24.8 Å². The molecule has 2 aliphatic rings. The Labute approximate surface area is 280 Å². The first-order valence-corrected chi connectivity index (χ1v) is 16.1. The average Bonchev–Trinajstić information content (AvgIpc) is 3.88. The van der Waals surface area contributed by atoms with E-state index >= 15 is 0 Å². The van der Waals surface area contributed by atoms with Crippen molar-refractivity contribution in [1.29, 1.82) is 0 Å². The van der Waals surface area contributed by atoms with Crippen molar-refractivity contribution < 1.29 is 18.4 Å². The number of ether oxygens (including phenoxy) is 1. The van der Waals surface area contributed by atoms with E-state index in [4.69, 9.17) is 19.5 Å². The molecule has 6 aromatic rings. The van der Waals surface area contributed by atoms with Crippen LogP contribution in [0.5, 0.6) is 0 Å². The van der Waals surface area contributed by atoms with Gasteiger partial charge in [0.25, 0.3) is 5.91 Å². The summed E-state index contributed by atoms with van der Waals surface area (Å²) in [5, 5.41) is 20.2. The minimum Gasteiger partial charge on any atom is -0.371 e. The molecule has 7 heterocycles. The van der Waals surface area contributed by atoms with Crippen molar-refractivity contribution in [3.8, 4) is 22.5 Å². The van der Waals surface area contributed by atoms with E-state index in [0.29, 0.717) is 47.1 Å². The highest BCUT2D eigenvalue weighted by Crippen LogP contribution is 2.39. The maximum atomic E-state index is 14.0. The van der Waals surface area contributed by atoms with Crippen LogP contribution in [-0.4, -0.2) is 91.2 Å². The highest BCUT2D eigenvalue weighted by molar-refractivity contribution is 6.05. The van der Waals surface area contributed by atoms with Crippen LogP contribution in [0, 0.1) is 5.82 Å². The lowest BCUT2D eigenvalue weighted by molar-refractivity contribution is 0.0269. The predicted octanol–water partition coefficient (Wildman–Crippen LogP) is 3.55. The maximum absolute atomic E-state index is 14.0. The number of hydrogen-bond acceptors (Lipinski definition) is 11. The molecule has 15 heteroatoms. The van der Waals surface area contributed by atoms with Crippen molar-refractivity contribution in [2.24, 2.45) is 7.05 Å². The van der Waals surface area contributed by atoms with Crippen LogP contribution in [0.15, 0.2) is 77.9 Å². The number of aryl methyl sites for hydroxylation is 1. The zero-order valence-electron chi connectivity index (χ0n) is 26.8. The van der Waals surface area contributed by atoms with E-state index in [9.17, 15) is 9.18 Å². The van der Waals surface area contributed by atoms with Gasteiger partial charge in [0.2, 0.25) is 0 Å². The number of fused-ring (bicyclic) bond motifs is 1. The molecule has 0 aliphatic carbocycles. The van der Waals surface area contributed by atoms with E-state index in [-0.39, 0.29) is 17.8 Å². The summed E-state index contributed by atoms with van der Waals surface area (Å²) in [5.74, 6) is 0.629. The van der Waals surface area contributed by atoms with Crippen molar-refractivity contribution in [2.75, 3.05) is 56.1 Å². The van der Waals surface area contributed by atoms with E-state index < -0.39 is 0 Å². The number of aromatic nitrogens is 7. The van der Waals surface area contributed by atoms with Gasteiger partial charge in [-0.3, -0.25) is 19.4 Å². The van der Waals surface area contributed by atoms with Gasteiger partial charge in [-0.1, -0.05) is 5.16 Å². The van der Waals surface area contributed by atoms with Gasteiger partial charge in [0.05, 0.1) is 35.9 Å². The van der Waals surface area contributed by atoms with Crippen LogP contribution < -0.4 is 15.5 Å². The first-order valence-electron chi connectivity index (χ1n) is 16.1. The molecule has 0 bridgehead atoms. The number of carbonyl (C=O) groups excluding carboxylic acids is 1. The summed E-state index contributed by atoms with van der Waals surface area (Å²) in [5.41, 5.74) is 5.59. The fourth-order valence-corrected chi connectivity index (χ4v) is 6.48. The number of anilines is 2. The van der Waals surface area contributed by atoms with Gasteiger partial charge in [-0.05, 0) is 42.5 Å². The van der Waals surface area contributed by atoms with Gasteiger partial charge in [-0.2, -0.15) is 10.2 Å². The Hall–Kier alpha value is -5.51. The van der Waals surface area contributed by atoms with Crippen molar-refractivity contribution >= 4 is 23.2 Å². The summed E-state index contributed by atoms with van der Waals surface area (Å²) in [4.78, 5) is 26.9. The predicted molar refractivity (Wildman–Crippen MR) is 178 cm³/mol. The molecule has 2 aliphatic heterocycles. The van der Waals surface area contributed by atoms with Gasteiger partial charge in [0, 0.05) is 88.0 Å². The van der Waals surface area contributed by atoms with Crippen molar-refractivity contribution in [3.05, 3.63) is 96.0 Å². The highest BCUT2D eigenvalue weighted by atomic mass is 19.1. The number of halogens is 1. The van der Waals surface area contributed by atoms with Gasteiger partial charge in [0.1, 0.15) is 23.6 Å². The van der Waals surface area contributed by atoms with Crippen LogP contribution in [0.2, 0.25) is 0 Å². The summed E-state index contributed by atoms with van der Waals surface area (Å²) in [6, 6.07) is 13.7. The molecular weight excluding hydrogens is 629 g/mol. The molecule has 2 fully saturated rings. The zero-order valence-corrected chi connectivity index (χ0v) is 26.8. The molecule has 0 radical (unpaired) electrons. The molecule has 49 heavy (non-hydrogen) atoms. The maximum Gasteiger partial charge on any atom is 0.257 e. The monoisotopic (exact) mass is 663 g/mol. The van der Waals surface area contributed by atoms with Crippen molar-refractivity contribution in [1.82, 2.24) is 44.7 Å². The van der Waals surface area contributed by atoms with Crippen LogP contribution in [0.25, 0.3) is 28.2 Å². The third kappa shape index (κ3) is 6.26. The van der Waals surface area contributed by atoms with Crippen LogP contribution >= 0.6 is 0 Å². The number of amides is 1. The molecule has 1 unspecified atom stereocenters. The van der Waals surface area contributed by atoms with Crippen molar-refractivity contribution in [2.45, 2.75) is 12.6 Å². The molecule has 1 amide bonds. The van der Waals surface area contributed by atoms with Crippen LogP contribution in [-0.2, 0) is 18.3 Å². The SMILES string of the molecule is Cn1nc(-c2ccc(F)cc2)c(-c2ccc3nc(NC(=O)c4ccncc4C4CNCCO4)cn3n2)c1N1CCN(Cc2ccon2)CC1. The third-order valence-electron chi connectivity index (χ3n) is 8.87. The number of rotatable bonds is 8. The summed E-state index contributed by atoms with van der Waals surface area (Å²) in [6.07, 6.45) is 6.27. The van der Waals surface area contributed by atoms with E-state index in [1.807, 2.05) is 29.9 Å². The molecule has 14 nitrogen and oxygen atoms in total. The topological polar surface area (TPSA) is 144 Å². The van der Waals surface area contributed by atoms with E-state index in [1.165, 1.54) is 12.1 Å². The van der Waals surface area contributed by atoms with E-state index in [1.54, 1.807) is 47.6 Å². The highest BCUT2D eigenvalue weighted by Gasteiger charge is 2.28. The number of carbonyl (C=O) groups is 1. The Morgan fingerprint density at radius 3 is 2.69 bits per heavy atom. The summed E-state index contributed by atoms with van der Waals surface area (Å²) in [7, 11) is 1.92. The van der Waals surface area contributed by atoms with Gasteiger partial charge in [0.15, 0.2) is 11.5 Å². The lowest BCUT2D eigenvalue weighted by atomic mass is 10.0.